The van der Waals surface area contributed by atoms with Gasteiger partial charge in [0.25, 0.3) is 0 Å². The van der Waals surface area contributed by atoms with Gasteiger partial charge in [-0.15, -0.1) is 0 Å². The molecule has 2 aromatic carbocycles. The van der Waals surface area contributed by atoms with Crippen LogP contribution in [0.4, 0.5) is 4.39 Å². The van der Waals surface area contributed by atoms with Crippen molar-refractivity contribution in [3.8, 4) is 0 Å². The topological polar surface area (TPSA) is 49.4 Å². The van der Waals surface area contributed by atoms with E-state index in [9.17, 15) is 14.0 Å². The number of carbonyl (C=O) groups is 2. The Kier molecular flexibility index (Phi) is 7.35. The maximum Gasteiger partial charge on any atom is 0.242 e. The van der Waals surface area contributed by atoms with Crippen LogP contribution in [0.3, 0.4) is 0 Å². The summed E-state index contributed by atoms with van der Waals surface area (Å²) in [4.78, 5) is 27.2. The summed E-state index contributed by atoms with van der Waals surface area (Å²) in [6.45, 7) is 7.62. The van der Waals surface area contributed by atoms with Crippen molar-refractivity contribution in [2.45, 2.75) is 52.2 Å². The van der Waals surface area contributed by atoms with Gasteiger partial charge in [0.2, 0.25) is 11.8 Å². The average Bonchev–Trinajstić information content (AvgIpc) is 2.61. The SMILES string of the molecule is CC(C(=O)NC(C)(C)C)N(Cc1ccc(Br)cc1)C(=O)Cc1ccccc1F. The molecule has 28 heavy (non-hydrogen) atoms. The summed E-state index contributed by atoms with van der Waals surface area (Å²) in [7, 11) is 0. The monoisotopic (exact) mass is 448 g/mol. The van der Waals surface area contributed by atoms with Gasteiger partial charge in [0.15, 0.2) is 0 Å². The normalized spacial score (nSPS) is 12.4. The van der Waals surface area contributed by atoms with Crippen LogP contribution in [0.15, 0.2) is 53.0 Å². The van der Waals surface area contributed by atoms with Crippen LogP contribution in [0.1, 0.15) is 38.8 Å². The number of halogens is 2. The summed E-state index contributed by atoms with van der Waals surface area (Å²) in [5.41, 5.74) is 0.792. The zero-order chi connectivity index (χ0) is 20.9. The van der Waals surface area contributed by atoms with E-state index >= 15 is 0 Å². The lowest BCUT2D eigenvalue weighted by Crippen LogP contribution is -2.52. The molecule has 1 unspecified atom stereocenters. The van der Waals surface area contributed by atoms with Crippen LogP contribution >= 0.6 is 15.9 Å². The molecule has 0 aliphatic heterocycles. The first kappa shape index (κ1) is 22.1. The molecule has 0 bridgehead atoms. The third-order valence-corrected chi connectivity index (χ3v) is 4.76. The summed E-state index contributed by atoms with van der Waals surface area (Å²) >= 11 is 3.39. The number of benzene rings is 2. The van der Waals surface area contributed by atoms with Crippen LogP contribution in [0.2, 0.25) is 0 Å². The number of hydrogen-bond donors (Lipinski definition) is 1. The number of nitrogens with zero attached hydrogens (tertiary/aromatic N) is 1. The van der Waals surface area contributed by atoms with Gasteiger partial charge >= 0.3 is 0 Å². The van der Waals surface area contributed by atoms with E-state index in [-0.39, 0.29) is 24.8 Å². The third kappa shape index (κ3) is 6.44. The molecule has 0 saturated carbocycles. The van der Waals surface area contributed by atoms with E-state index in [1.54, 1.807) is 25.1 Å². The molecule has 0 aromatic heterocycles. The van der Waals surface area contributed by atoms with E-state index in [2.05, 4.69) is 21.2 Å². The van der Waals surface area contributed by atoms with Gasteiger partial charge in [-0.2, -0.15) is 0 Å². The van der Waals surface area contributed by atoms with Crippen LogP contribution in [-0.4, -0.2) is 28.3 Å². The van der Waals surface area contributed by atoms with Crippen molar-refractivity contribution in [1.29, 1.82) is 0 Å². The fourth-order valence-corrected chi connectivity index (χ4v) is 3.01. The molecule has 4 nitrogen and oxygen atoms in total. The van der Waals surface area contributed by atoms with E-state index in [0.717, 1.165) is 10.0 Å². The Labute approximate surface area is 174 Å². The van der Waals surface area contributed by atoms with Crippen molar-refractivity contribution in [1.82, 2.24) is 10.2 Å². The van der Waals surface area contributed by atoms with E-state index in [0.29, 0.717) is 5.56 Å². The Balaban J connectivity index is 2.26. The highest BCUT2D eigenvalue weighted by Crippen LogP contribution is 2.17. The molecule has 0 radical (unpaired) electrons. The Bertz CT molecular complexity index is 831. The molecule has 150 valence electrons. The number of nitrogens with one attached hydrogen (secondary N) is 1. The molecule has 2 amide bonds. The summed E-state index contributed by atoms with van der Waals surface area (Å²) in [6.07, 6.45) is -0.101. The largest absolute Gasteiger partial charge is 0.350 e. The Morgan fingerprint density at radius 1 is 1.11 bits per heavy atom. The molecule has 2 aromatic rings. The summed E-state index contributed by atoms with van der Waals surface area (Å²) < 4.78 is 14.9. The molecule has 0 saturated heterocycles. The van der Waals surface area contributed by atoms with Gasteiger partial charge in [-0.05, 0) is 57.0 Å². The Morgan fingerprint density at radius 3 is 2.29 bits per heavy atom. The highest BCUT2D eigenvalue weighted by Gasteiger charge is 2.28. The van der Waals surface area contributed by atoms with E-state index in [1.165, 1.54) is 11.0 Å². The molecule has 0 aliphatic rings. The fraction of sp³-hybridized carbons (Fsp3) is 0.364. The summed E-state index contributed by atoms with van der Waals surface area (Å²) in [5.74, 6) is -0.970. The van der Waals surface area contributed by atoms with Crippen LogP contribution in [-0.2, 0) is 22.6 Å². The molecule has 1 atom stereocenters. The van der Waals surface area contributed by atoms with Gasteiger partial charge in [0, 0.05) is 16.6 Å². The fourth-order valence-electron chi connectivity index (χ4n) is 2.75. The van der Waals surface area contributed by atoms with Gasteiger partial charge in [-0.25, -0.2) is 4.39 Å². The van der Waals surface area contributed by atoms with Crippen molar-refractivity contribution < 1.29 is 14.0 Å². The molecule has 1 N–H and O–H groups in total. The lowest BCUT2D eigenvalue weighted by molar-refractivity contribution is -0.140. The smallest absolute Gasteiger partial charge is 0.242 e. The maximum absolute atomic E-state index is 14.0. The van der Waals surface area contributed by atoms with Crippen LogP contribution in [0.25, 0.3) is 0 Å². The van der Waals surface area contributed by atoms with Gasteiger partial charge in [-0.3, -0.25) is 9.59 Å². The van der Waals surface area contributed by atoms with Crippen LogP contribution in [0, 0.1) is 5.82 Å². The second kappa shape index (κ2) is 9.32. The van der Waals surface area contributed by atoms with Crippen molar-refractivity contribution >= 4 is 27.7 Å². The lowest BCUT2D eigenvalue weighted by Gasteiger charge is -2.31. The lowest BCUT2D eigenvalue weighted by atomic mass is 10.1. The second-order valence-electron chi connectivity index (χ2n) is 7.83. The van der Waals surface area contributed by atoms with Crippen LogP contribution in [0.5, 0.6) is 0 Å². The van der Waals surface area contributed by atoms with Gasteiger partial charge < -0.3 is 10.2 Å². The maximum atomic E-state index is 14.0. The molecular weight excluding hydrogens is 423 g/mol. The number of carbonyl (C=O) groups excluding carboxylic acids is 2. The minimum Gasteiger partial charge on any atom is -0.350 e. The highest BCUT2D eigenvalue weighted by molar-refractivity contribution is 9.10. The zero-order valence-electron chi connectivity index (χ0n) is 16.6. The Hall–Kier alpha value is -2.21. The first-order valence-corrected chi connectivity index (χ1v) is 9.95. The molecule has 0 fully saturated rings. The van der Waals surface area contributed by atoms with E-state index < -0.39 is 17.4 Å². The molecule has 0 spiro atoms. The second-order valence-corrected chi connectivity index (χ2v) is 8.75. The highest BCUT2D eigenvalue weighted by atomic mass is 79.9. The van der Waals surface area contributed by atoms with Crippen molar-refractivity contribution in [2.24, 2.45) is 0 Å². The minimum atomic E-state index is -0.692. The predicted octanol–water partition coefficient (Wildman–Crippen LogP) is 4.46. The Morgan fingerprint density at radius 2 is 1.71 bits per heavy atom. The van der Waals surface area contributed by atoms with Crippen LogP contribution < -0.4 is 5.32 Å². The summed E-state index contributed by atoms with van der Waals surface area (Å²) in [5, 5.41) is 2.91. The molecule has 6 heteroatoms. The number of rotatable bonds is 6. The standard InChI is InChI=1S/C22H26BrFN2O2/c1-15(21(28)25-22(2,3)4)26(14-16-9-11-18(23)12-10-16)20(27)13-17-7-5-6-8-19(17)24/h5-12,15H,13-14H2,1-4H3,(H,25,28). The van der Waals surface area contributed by atoms with E-state index in [1.807, 2.05) is 45.0 Å². The van der Waals surface area contributed by atoms with E-state index in [4.69, 9.17) is 0 Å². The molecule has 0 aliphatic carbocycles. The van der Waals surface area contributed by atoms with Crippen molar-refractivity contribution in [3.05, 3.63) is 69.9 Å². The van der Waals surface area contributed by atoms with Gasteiger partial charge in [0.05, 0.1) is 6.42 Å². The molecule has 0 heterocycles. The number of hydrogen-bond acceptors (Lipinski definition) is 2. The molecular formula is C22H26BrFN2O2. The average molecular weight is 449 g/mol. The molecule has 2 rings (SSSR count). The third-order valence-electron chi connectivity index (χ3n) is 4.23. The first-order valence-electron chi connectivity index (χ1n) is 9.16. The number of amides is 2. The van der Waals surface area contributed by atoms with Gasteiger partial charge in [-0.1, -0.05) is 46.3 Å². The van der Waals surface area contributed by atoms with Crippen molar-refractivity contribution in [2.75, 3.05) is 0 Å². The predicted molar refractivity (Wildman–Crippen MR) is 112 cm³/mol. The van der Waals surface area contributed by atoms with Gasteiger partial charge in [0.1, 0.15) is 11.9 Å². The van der Waals surface area contributed by atoms with Crippen molar-refractivity contribution in [3.63, 3.8) is 0 Å². The first-order chi connectivity index (χ1) is 13.1. The summed E-state index contributed by atoms with van der Waals surface area (Å²) in [6, 6.07) is 13.1. The zero-order valence-corrected chi connectivity index (χ0v) is 18.2. The minimum absolute atomic E-state index is 0.101. The quantitative estimate of drug-likeness (QED) is 0.708.